The average Bonchev–Trinajstić information content (AvgIpc) is 2.35. The van der Waals surface area contributed by atoms with Gasteiger partial charge < -0.3 is 10.1 Å². The fourth-order valence-corrected chi connectivity index (χ4v) is 3.76. The minimum absolute atomic E-state index is 0.253. The first-order valence-corrected chi connectivity index (χ1v) is 8.29. The molecule has 1 heterocycles. The number of carbonyl (C=O) groups is 1. The van der Waals surface area contributed by atoms with Crippen molar-refractivity contribution in [1.29, 1.82) is 0 Å². The Labute approximate surface area is 123 Å². The fourth-order valence-electron chi connectivity index (χ4n) is 3.76. The third-order valence-electron chi connectivity index (χ3n) is 4.73. The van der Waals surface area contributed by atoms with Crippen molar-refractivity contribution in [2.45, 2.75) is 65.0 Å². The van der Waals surface area contributed by atoms with E-state index in [4.69, 9.17) is 4.74 Å². The van der Waals surface area contributed by atoms with Gasteiger partial charge in [-0.05, 0) is 44.4 Å². The standard InChI is InChI=1S/C16H30N2O2/c1-4-6-13-9-14(17-16(19)20-5-2)11-18(10-13)15-7-12(3)8-15/h12-15H,4-11H2,1-3H3,(H,17,19). The maximum atomic E-state index is 11.6. The van der Waals surface area contributed by atoms with Crippen molar-refractivity contribution < 1.29 is 9.53 Å². The summed E-state index contributed by atoms with van der Waals surface area (Å²) in [6, 6.07) is 1.01. The van der Waals surface area contributed by atoms with Crippen LogP contribution in [0.1, 0.15) is 52.9 Å². The molecule has 0 radical (unpaired) electrons. The van der Waals surface area contributed by atoms with Crippen LogP contribution in [0.4, 0.5) is 4.79 Å². The Morgan fingerprint density at radius 1 is 1.25 bits per heavy atom. The van der Waals surface area contributed by atoms with Gasteiger partial charge in [0, 0.05) is 25.2 Å². The second-order valence-electron chi connectivity index (χ2n) is 6.64. The number of rotatable bonds is 5. The molecule has 4 heteroatoms. The fraction of sp³-hybridized carbons (Fsp3) is 0.938. The van der Waals surface area contributed by atoms with Crippen LogP contribution >= 0.6 is 0 Å². The van der Waals surface area contributed by atoms with E-state index in [2.05, 4.69) is 24.1 Å². The molecule has 2 fully saturated rings. The van der Waals surface area contributed by atoms with Crippen molar-refractivity contribution in [1.82, 2.24) is 10.2 Å². The van der Waals surface area contributed by atoms with Gasteiger partial charge in [0.1, 0.15) is 0 Å². The van der Waals surface area contributed by atoms with E-state index in [-0.39, 0.29) is 12.1 Å². The lowest BCUT2D eigenvalue weighted by Gasteiger charge is -2.47. The van der Waals surface area contributed by atoms with Crippen LogP contribution in [0.15, 0.2) is 0 Å². The highest BCUT2D eigenvalue weighted by molar-refractivity contribution is 5.67. The summed E-state index contributed by atoms with van der Waals surface area (Å²) in [5.74, 6) is 1.60. The number of alkyl carbamates (subject to hydrolysis) is 1. The molecule has 0 aromatic carbocycles. The SMILES string of the molecule is CCCC1CC(NC(=O)OCC)CN(C2CC(C)C2)C1. The molecular formula is C16H30N2O2. The van der Waals surface area contributed by atoms with E-state index < -0.39 is 0 Å². The first kappa shape index (κ1) is 15.6. The molecule has 1 saturated carbocycles. The third kappa shape index (κ3) is 4.11. The van der Waals surface area contributed by atoms with Gasteiger partial charge in [0.2, 0.25) is 0 Å². The van der Waals surface area contributed by atoms with Crippen LogP contribution in [-0.4, -0.2) is 42.8 Å². The number of amides is 1. The predicted octanol–water partition coefficient (Wildman–Crippen LogP) is 3.02. The molecular weight excluding hydrogens is 252 g/mol. The summed E-state index contributed by atoms with van der Waals surface area (Å²) in [6.45, 7) is 9.09. The molecule has 20 heavy (non-hydrogen) atoms. The van der Waals surface area contributed by atoms with Gasteiger partial charge in [-0.15, -0.1) is 0 Å². The predicted molar refractivity (Wildman–Crippen MR) is 80.7 cm³/mol. The first-order chi connectivity index (χ1) is 9.62. The maximum absolute atomic E-state index is 11.6. The Morgan fingerprint density at radius 3 is 2.60 bits per heavy atom. The first-order valence-electron chi connectivity index (χ1n) is 8.29. The van der Waals surface area contributed by atoms with Crippen molar-refractivity contribution in [3.8, 4) is 0 Å². The Morgan fingerprint density at radius 2 is 2.00 bits per heavy atom. The number of nitrogens with one attached hydrogen (secondary N) is 1. The van der Waals surface area contributed by atoms with E-state index >= 15 is 0 Å². The van der Waals surface area contributed by atoms with Crippen LogP contribution in [-0.2, 0) is 4.74 Å². The van der Waals surface area contributed by atoms with Gasteiger partial charge in [-0.2, -0.15) is 0 Å². The van der Waals surface area contributed by atoms with Crippen LogP contribution < -0.4 is 5.32 Å². The molecule has 1 N–H and O–H groups in total. The zero-order valence-electron chi connectivity index (χ0n) is 13.2. The molecule has 0 spiro atoms. The van der Waals surface area contributed by atoms with Gasteiger partial charge in [-0.25, -0.2) is 4.79 Å². The largest absolute Gasteiger partial charge is 0.450 e. The van der Waals surface area contributed by atoms with Crippen LogP contribution in [0.25, 0.3) is 0 Å². The van der Waals surface area contributed by atoms with E-state index in [1.165, 1.54) is 32.2 Å². The van der Waals surface area contributed by atoms with Crippen molar-refractivity contribution in [3.05, 3.63) is 0 Å². The summed E-state index contributed by atoms with van der Waals surface area (Å²) in [7, 11) is 0. The number of carbonyl (C=O) groups excluding carboxylic acids is 1. The molecule has 0 bridgehead atoms. The topological polar surface area (TPSA) is 41.6 Å². The summed E-state index contributed by atoms with van der Waals surface area (Å²) in [5, 5.41) is 3.05. The lowest BCUT2D eigenvalue weighted by Crippen LogP contribution is -2.56. The van der Waals surface area contributed by atoms with Gasteiger partial charge in [-0.1, -0.05) is 20.3 Å². The number of piperidine rings is 1. The molecule has 2 rings (SSSR count). The highest BCUT2D eigenvalue weighted by atomic mass is 16.5. The van der Waals surface area contributed by atoms with Crippen LogP contribution in [0, 0.1) is 11.8 Å². The van der Waals surface area contributed by atoms with Crippen molar-refractivity contribution in [3.63, 3.8) is 0 Å². The maximum Gasteiger partial charge on any atom is 0.407 e. The smallest absolute Gasteiger partial charge is 0.407 e. The molecule has 116 valence electrons. The summed E-state index contributed by atoms with van der Waals surface area (Å²) in [6.07, 6.45) is 5.99. The normalized spacial score (nSPS) is 34.4. The summed E-state index contributed by atoms with van der Waals surface area (Å²) in [5.41, 5.74) is 0. The van der Waals surface area contributed by atoms with E-state index in [0.29, 0.717) is 6.61 Å². The molecule has 0 aromatic heterocycles. The number of hydrogen-bond donors (Lipinski definition) is 1. The molecule has 0 aromatic rings. The Bertz CT molecular complexity index is 316. The summed E-state index contributed by atoms with van der Waals surface area (Å²) >= 11 is 0. The Kier molecular flexibility index (Phi) is 5.70. The molecule has 2 aliphatic rings. The van der Waals surface area contributed by atoms with Gasteiger partial charge in [0.05, 0.1) is 6.61 Å². The van der Waals surface area contributed by atoms with Crippen molar-refractivity contribution >= 4 is 6.09 Å². The molecule has 2 unspecified atom stereocenters. The van der Waals surface area contributed by atoms with Gasteiger partial charge in [0.15, 0.2) is 0 Å². The zero-order valence-corrected chi connectivity index (χ0v) is 13.2. The van der Waals surface area contributed by atoms with Crippen molar-refractivity contribution in [2.75, 3.05) is 19.7 Å². The average molecular weight is 282 g/mol. The second-order valence-corrected chi connectivity index (χ2v) is 6.64. The third-order valence-corrected chi connectivity index (χ3v) is 4.73. The van der Waals surface area contributed by atoms with Crippen molar-refractivity contribution in [2.24, 2.45) is 11.8 Å². The van der Waals surface area contributed by atoms with Crippen LogP contribution in [0.5, 0.6) is 0 Å². The van der Waals surface area contributed by atoms with E-state index in [1.54, 1.807) is 0 Å². The minimum Gasteiger partial charge on any atom is -0.450 e. The van der Waals surface area contributed by atoms with Gasteiger partial charge >= 0.3 is 6.09 Å². The van der Waals surface area contributed by atoms with E-state index in [9.17, 15) is 4.79 Å². The number of likely N-dealkylation sites (tertiary alicyclic amines) is 1. The number of nitrogens with zero attached hydrogens (tertiary/aromatic N) is 1. The second kappa shape index (κ2) is 7.30. The van der Waals surface area contributed by atoms with E-state index in [0.717, 1.165) is 30.8 Å². The monoisotopic (exact) mass is 282 g/mol. The summed E-state index contributed by atoms with van der Waals surface area (Å²) in [4.78, 5) is 14.2. The Balaban J connectivity index is 1.88. The summed E-state index contributed by atoms with van der Waals surface area (Å²) < 4.78 is 5.02. The lowest BCUT2D eigenvalue weighted by atomic mass is 9.78. The molecule has 1 aliphatic heterocycles. The quantitative estimate of drug-likeness (QED) is 0.842. The molecule has 2 atom stereocenters. The van der Waals surface area contributed by atoms with Crippen LogP contribution in [0.3, 0.4) is 0 Å². The Hall–Kier alpha value is -0.770. The highest BCUT2D eigenvalue weighted by Crippen LogP contribution is 2.34. The number of hydrogen-bond acceptors (Lipinski definition) is 3. The zero-order chi connectivity index (χ0) is 14.5. The van der Waals surface area contributed by atoms with Gasteiger partial charge in [0.25, 0.3) is 0 Å². The lowest BCUT2D eigenvalue weighted by molar-refractivity contribution is 0.0309. The molecule has 4 nitrogen and oxygen atoms in total. The van der Waals surface area contributed by atoms with Gasteiger partial charge in [-0.3, -0.25) is 4.90 Å². The minimum atomic E-state index is -0.253. The molecule has 1 amide bonds. The highest BCUT2D eigenvalue weighted by Gasteiger charge is 2.36. The number of ether oxygens (including phenoxy) is 1. The molecule has 1 aliphatic carbocycles. The molecule has 1 saturated heterocycles. The van der Waals surface area contributed by atoms with E-state index in [1.807, 2.05) is 6.92 Å². The van der Waals surface area contributed by atoms with Crippen LogP contribution in [0.2, 0.25) is 0 Å².